The minimum atomic E-state index is -1.29. The van der Waals surface area contributed by atoms with Gasteiger partial charge in [-0.2, -0.15) is 0 Å². The van der Waals surface area contributed by atoms with Crippen LogP contribution in [0.4, 0.5) is 0 Å². The van der Waals surface area contributed by atoms with Gasteiger partial charge in [0.05, 0.1) is 6.10 Å². The van der Waals surface area contributed by atoms with E-state index in [-0.39, 0.29) is 0 Å². The van der Waals surface area contributed by atoms with Crippen LogP contribution in [0.15, 0.2) is 0 Å². The van der Waals surface area contributed by atoms with Crippen molar-refractivity contribution in [2.75, 3.05) is 13.2 Å². The standard InChI is InChI=1S/C10H22O2Si/c1-4-11-10-6-8-13(3,9-7-10)12-5-2/h10H,4-9H2,1-3H3. The Morgan fingerprint density at radius 2 is 1.77 bits per heavy atom. The molecular weight excluding hydrogens is 180 g/mol. The highest BCUT2D eigenvalue weighted by molar-refractivity contribution is 6.72. The first-order valence-corrected chi connectivity index (χ1v) is 8.28. The number of hydrogen-bond donors (Lipinski definition) is 0. The van der Waals surface area contributed by atoms with Gasteiger partial charge in [-0.3, -0.25) is 0 Å². The molecule has 0 aromatic rings. The fourth-order valence-corrected chi connectivity index (χ4v) is 5.20. The molecule has 0 amide bonds. The van der Waals surface area contributed by atoms with E-state index in [2.05, 4.69) is 20.4 Å². The molecule has 0 bridgehead atoms. The van der Waals surface area contributed by atoms with Crippen molar-refractivity contribution in [3.63, 3.8) is 0 Å². The summed E-state index contributed by atoms with van der Waals surface area (Å²) in [5, 5.41) is 0. The SMILES string of the molecule is CCOC1CC[Si](C)(OCC)CC1. The average Bonchev–Trinajstić information content (AvgIpc) is 2.10. The van der Waals surface area contributed by atoms with Crippen molar-refractivity contribution in [3.05, 3.63) is 0 Å². The Hall–Kier alpha value is 0.137. The molecule has 0 saturated carbocycles. The van der Waals surface area contributed by atoms with E-state index in [9.17, 15) is 0 Å². The first kappa shape index (κ1) is 11.2. The highest BCUT2D eigenvalue weighted by atomic mass is 28.4. The lowest BCUT2D eigenvalue weighted by Crippen LogP contribution is -2.40. The van der Waals surface area contributed by atoms with E-state index in [1.165, 1.54) is 24.9 Å². The van der Waals surface area contributed by atoms with Gasteiger partial charge in [0.25, 0.3) is 0 Å². The van der Waals surface area contributed by atoms with E-state index in [4.69, 9.17) is 9.16 Å². The lowest BCUT2D eigenvalue weighted by Gasteiger charge is -2.34. The smallest absolute Gasteiger partial charge is 0.189 e. The van der Waals surface area contributed by atoms with Gasteiger partial charge in [0, 0.05) is 13.2 Å². The van der Waals surface area contributed by atoms with Crippen LogP contribution in [-0.4, -0.2) is 27.6 Å². The van der Waals surface area contributed by atoms with Gasteiger partial charge < -0.3 is 9.16 Å². The molecule has 0 radical (unpaired) electrons. The van der Waals surface area contributed by atoms with Crippen molar-refractivity contribution in [1.82, 2.24) is 0 Å². The molecule has 1 saturated heterocycles. The van der Waals surface area contributed by atoms with Gasteiger partial charge in [0.15, 0.2) is 8.32 Å². The van der Waals surface area contributed by atoms with Crippen molar-refractivity contribution in [2.24, 2.45) is 0 Å². The molecule has 0 spiro atoms. The van der Waals surface area contributed by atoms with E-state index < -0.39 is 8.32 Å². The van der Waals surface area contributed by atoms with Gasteiger partial charge >= 0.3 is 0 Å². The molecule has 0 N–H and O–H groups in total. The van der Waals surface area contributed by atoms with E-state index in [0.717, 1.165) is 13.2 Å². The van der Waals surface area contributed by atoms with Gasteiger partial charge in [-0.05, 0) is 45.3 Å². The topological polar surface area (TPSA) is 18.5 Å². The highest BCUT2D eigenvalue weighted by Gasteiger charge is 2.34. The first-order chi connectivity index (χ1) is 6.20. The molecule has 0 atom stereocenters. The van der Waals surface area contributed by atoms with Crippen LogP contribution in [0.1, 0.15) is 26.7 Å². The van der Waals surface area contributed by atoms with Crippen molar-refractivity contribution < 1.29 is 9.16 Å². The van der Waals surface area contributed by atoms with Gasteiger partial charge in [0.1, 0.15) is 0 Å². The second kappa shape index (κ2) is 5.13. The van der Waals surface area contributed by atoms with Crippen LogP contribution in [-0.2, 0) is 9.16 Å². The normalized spacial score (nSPS) is 34.8. The fraction of sp³-hybridized carbons (Fsp3) is 1.00. The molecule has 78 valence electrons. The van der Waals surface area contributed by atoms with E-state index >= 15 is 0 Å². The lowest BCUT2D eigenvalue weighted by atomic mass is 10.2. The Morgan fingerprint density at radius 3 is 2.23 bits per heavy atom. The van der Waals surface area contributed by atoms with Crippen LogP contribution in [0.5, 0.6) is 0 Å². The molecule has 0 aliphatic carbocycles. The number of rotatable bonds is 4. The third-order valence-corrected chi connectivity index (χ3v) is 6.56. The maximum Gasteiger partial charge on any atom is 0.189 e. The monoisotopic (exact) mass is 202 g/mol. The van der Waals surface area contributed by atoms with Crippen molar-refractivity contribution >= 4 is 8.32 Å². The zero-order chi connectivity index (χ0) is 9.73. The molecule has 0 unspecified atom stereocenters. The zero-order valence-electron chi connectivity index (χ0n) is 9.14. The summed E-state index contributed by atoms with van der Waals surface area (Å²) < 4.78 is 11.5. The number of ether oxygens (including phenoxy) is 1. The predicted octanol–water partition coefficient (Wildman–Crippen LogP) is 2.80. The molecule has 1 aliphatic rings. The number of hydrogen-bond acceptors (Lipinski definition) is 2. The minimum Gasteiger partial charge on any atom is -0.417 e. The predicted molar refractivity (Wildman–Crippen MR) is 57.5 cm³/mol. The maximum atomic E-state index is 5.88. The third kappa shape index (κ3) is 3.41. The van der Waals surface area contributed by atoms with Crippen LogP contribution in [0.3, 0.4) is 0 Å². The minimum absolute atomic E-state index is 0.519. The van der Waals surface area contributed by atoms with Crippen LogP contribution in [0.2, 0.25) is 18.6 Å². The average molecular weight is 202 g/mol. The molecule has 0 aromatic heterocycles. The summed E-state index contributed by atoms with van der Waals surface area (Å²) in [6, 6.07) is 2.57. The van der Waals surface area contributed by atoms with Crippen molar-refractivity contribution in [3.8, 4) is 0 Å². The van der Waals surface area contributed by atoms with E-state index in [1.54, 1.807) is 0 Å². The molecule has 1 heterocycles. The van der Waals surface area contributed by atoms with Crippen LogP contribution < -0.4 is 0 Å². The van der Waals surface area contributed by atoms with Crippen LogP contribution in [0.25, 0.3) is 0 Å². The lowest BCUT2D eigenvalue weighted by molar-refractivity contribution is 0.0509. The summed E-state index contributed by atoms with van der Waals surface area (Å²) in [5.41, 5.74) is 0. The highest BCUT2D eigenvalue weighted by Crippen LogP contribution is 2.30. The Kier molecular flexibility index (Phi) is 4.42. The summed E-state index contributed by atoms with van der Waals surface area (Å²) in [6.45, 7) is 8.29. The second-order valence-electron chi connectivity index (χ2n) is 4.04. The van der Waals surface area contributed by atoms with E-state index in [0.29, 0.717) is 6.10 Å². The fourth-order valence-electron chi connectivity index (χ4n) is 2.10. The summed E-state index contributed by atoms with van der Waals surface area (Å²) in [4.78, 5) is 0. The summed E-state index contributed by atoms with van der Waals surface area (Å²) in [5.74, 6) is 0. The van der Waals surface area contributed by atoms with Gasteiger partial charge in [0.2, 0.25) is 0 Å². The summed E-state index contributed by atoms with van der Waals surface area (Å²) in [6.07, 6.45) is 2.96. The van der Waals surface area contributed by atoms with Gasteiger partial charge in [-0.25, -0.2) is 0 Å². The molecule has 1 fully saturated rings. The van der Waals surface area contributed by atoms with E-state index in [1.807, 2.05) is 0 Å². The molecule has 0 aromatic carbocycles. The molecule has 1 rings (SSSR count). The maximum absolute atomic E-state index is 5.88. The first-order valence-electron chi connectivity index (χ1n) is 5.45. The summed E-state index contributed by atoms with van der Waals surface area (Å²) >= 11 is 0. The Labute approximate surface area is 82.7 Å². The molecule has 2 nitrogen and oxygen atoms in total. The van der Waals surface area contributed by atoms with Gasteiger partial charge in [-0.15, -0.1) is 0 Å². The third-order valence-electron chi connectivity index (χ3n) is 2.89. The van der Waals surface area contributed by atoms with Crippen molar-refractivity contribution in [2.45, 2.75) is 51.4 Å². The largest absolute Gasteiger partial charge is 0.417 e. The Balaban J connectivity index is 2.28. The quantitative estimate of drug-likeness (QED) is 0.653. The molecule has 13 heavy (non-hydrogen) atoms. The summed E-state index contributed by atoms with van der Waals surface area (Å²) in [7, 11) is -1.29. The van der Waals surface area contributed by atoms with Crippen molar-refractivity contribution in [1.29, 1.82) is 0 Å². The molecule has 3 heteroatoms. The van der Waals surface area contributed by atoms with Crippen LogP contribution in [0, 0.1) is 0 Å². The Morgan fingerprint density at radius 1 is 1.15 bits per heavy atom. The zero-order valence-corrected chi connectivity index (χ0v) is 10.1. The second-order valence-corrected chi connectivity index (χ2v) is 8.23. The molecule has 1 aliphatic heterocycles. The Bertz CT molecular complexity index is 142. The van der Waals surface area contributed by atoms with Crippen LogP contribution >= 0.6 is 0 Å². The molecular formula is C10H22O2Si. The van der Waals surface area contributed by atoms with Gasteiger partial charge in [-0.1, -0.05) is 0 Å².